The number of sulfonamides is 1. The second-order valence-electron chi connectivity index (χ2n) is 6.39. The summed E-state index contributed by atoms with van der Waals surface area (Å²) in [4.78, 5) is 26.4. The van der Waals surface area contributed by atoms with Crippen LogP contribution in [-0.2, 0) is 19.6 Å². The van der Waals surface area contributed by atoms with Crippen LogP contribution in [0.2, 0.25) is 0 Å². The SMILES string of the molecule is CCN(CC)S(=O)(=O)c1ccc(C(=O)O[C@H](C)C(=O)N(C)c2ccccc2)cc1. The Hall–Kier alpha value is -2.71. The molecule has 0 aliphatic rings. The molecular formula is C21H26N2O5S. The van der Waals surface area contributed by atoms with Gasteiger partial charge in [-0.05, 0) is 43.3 Å². The summed E-state index contributed by atoms with van der Waals surface area (Å²) in [7, 11) is -2.00. The molecule has 7 nitrogen and oxygen atoms in total. The van der Waals surface area contributed by atoms with Crippen molar-refractivity contribution in [2.24, 2.45) is 0 Å². The molecule has 0 saturated carbocycles. The quantitative estimate of drug-likeness (QED) is 0.616. The summed E-state index contributed by atoms with van der Waals surface area (Å²) in [6.45, 7) is 5.74. The van der Waals surface area contributed by atoms with E-state index < -0.39 is 22.1 Å². The number of rotatable bonds is 8. The van der Waals surface area contributed by atoms with E-state index in [4.69, 9.17) is 4.74 Å². The minimum absolute atomic E-state index is 0.102. The van der Waals surface area contributed by atoms with Crippen molar-refractivity contribution >= 4 is 27.6 Å². The highest BCUT2D eigenvalue weighted by Crippen LogP contribution is 2.18. The summed E-state index contributed by atoms with van der Waals surface area (Å²) in [6.07, 6.45) is -0.994. The zero-order valence-electron chi connectivity index (χ0n) is 17.0. The van der Waals surface area contributed by atoms with Gasteiger partial charge >= 0.3 is 5.97 Å². The Morgan fingerprint density at radius 3 is 2.03 bits per heavy atom. The van der Waals surface area contributed by atoms with Gasteiger partial charge in [-0.3, -0.25) is 4.79 Å². The third-order valence-electron chi connectivity index (χ3n) is 4.54. The molecule has 29 heavy (non-hydrogen) atoms. The molecule has 1 atom stereocenters. The molecule has 2 aromatic rings. The summed E-state index contributed by atoms with van der Waals surface area (Å²) in [5, 5.41) is 0. The van der Waals surface area contributed by atoms with Crippen LogP contribution in [0.3, 0.4) is 0 Å². The maximum Gasteiger partial charge on any atom is 0.338 e. The molecule has 0 saturated heterocycles. The number of hydrogen-bond donors (Lipinski definition) is 0. The number of likely N-dealkylation sites (N-methyl/N-ethyl adjacent to an activating group) is 1. The van der Waals surface area contributed by atoms with E-state index >= 15 is 0 Å². The lowest BCUT2D eigenvalue weighted by Crippen LogP contribution is -2.37. The van der Waals surface area contributed by atoms with Crippen molar-refractivity contribution in [3.63, 3.8) is 0 Å². The average Bonchev–Trinajstić information content (AvgIpc) is 2.74. The Morgan fingerprint density at radius 2 is 1.52 bits per heavy atom. The molecule has 0 radical (unpaired) electrons. The van der Waals surface area contributed by atoms with Gasteiger partial charge in [-0.25, -0.2) is 13.2 Å². The molecule has 0 spiro atoms. The molecule has 0 bridgehead atoms. The molecule has 8 heteroatoms. The van der Waals surface area contributed by atoms with E-state index in [1.807, 2.05) is 18.2 Å². The van der Waals surface area contributed by atoms with Gasteiger partial charge in [-0.1, -0.05) is 32.0 Å². The number of carbonyl (C=O) groups excluding carboxylic acids is 2. The first-order valence-electron chi connectivity index (χ1n) is 9.36. The molecule has 2 aromatic carbocycles. The molecule has 0 aliphatic heterocycles. The molecule has 0 N–H and O–H groups in total. The number of carbonyl (C=O) groups is 2. The van der Waals surface area contributed by atoms with Crippen molar-refractivity contribution in [2.75, 3.05) is 25.0 Å². The van der Waals surface area contributed by atoms with Gasteiger partial charge < -0.3 is 9.64 Å². The number of para-hydroxylation sites is 1. The van der Waals surface area contributed by atoms with Crippen molar-refractivity contribution in [2.45, 2.75) is 31.8 Å². The second-order valence-corrected chi connectivity index (χ2v) is 8.33. The fourth-order valence-electron chi connectivity index (χ4n) is 2.81. The van der Waals surface area contributed by atoms with Crippen LogP contribution in [0, 0.1) is 0 Å². The zero-order valence-corrected chi connectivity index (χ0v) is 17.8. The van der Waals surface area contributed by atoms with Gasteiger partial charge in [-0.15, -0.1) is 0 Å². The van der Waals surface area contributed by atoms with Crippen LogP contribution in [0.25, 0.3) is 0 Å². The highest BCUT2D eigenvalue weighted by molar-refractivity contribution is 7.89. The fourth-order valence-corrected chi connectivity index (χ4v) is 4.26. The first-order valence-corrected chi connectivity index (χ1v) is 10.8. The lowest BCUT2D eigenvalue weighted by Gasteiger charge is -2.21. The molecule has 156 valence electrons. The topological polar surface area (TPSA) is 84.0 Å². The van der Waals surface area contributed by atoms with E-state index in [0.717, 1.165) is 0 Å². The molecule has 0 aliphatic carbocycles. The number of nitrogens with zero attached hydrogens (tertiary/aromatic N) is 2. The largest absolute Gasteiger partial charge is 0.449 e. The van der Waals surface area contributed by atoms with Gasteiger partial charge in [0.1, 0.15) is 0 Å². The highest BCUT2D eigenvalue weighted by atomic mass is 32.2. The van der Waals surface area contributed by atoms with Gasteiger partial charge in [0.2, 0.25) is 10.0 Å². The van der Waals surface area contributed by atoms with Gasteiger partial charge in [-0.2, -0.15) is 4.31 Å². The van der Waals surface area contributed by atoms with E-state index in [0.29, 0.717) is 18.8 Å². The maximum atomic E-state index is 12.5. The van der Waals surface area contributed by atoms with Crippen molar-refractivity contribution < 1.29 is 22.7 Å². The lowest BCUT2D eigenvalue weighted by molar-refractivity contribution is -0.126. The van der Waals surface area contributed by atoms with E-state index in [2.05, 4.69) is 0 Å². The van der Waals surface area contributed by atoms with Crippen LogP contribution in [0.1, 0.15) is 31.1 Å². The van der Waals surface area contributed by atoms with E-state index in [-0.39, 0.29) is 16.4 Å². The summed E-state index contributed by atoms with van der Waals surface area (Å²) in [6, 6.07) is 14.5. The van der Waals surface area contributed by atoms with E-state index in [9.17, 15) is 18.0 Å². The Morgan fingerprint density at radius 1 is 0.966 bits per heavy atom. The molecule has 1 amide bonds. The summed E-state index contributed by atoms with van der Waals surface area (Å²) in [5.74, 6) is -1.07. The zero-order chi connectivity index (χ0) is 21.6. The number of ether oxygens (including phenoxy) is 1. The first-order chi connectivity index (χ1) is 13.7. The Balaban J connectivity index is 2.08. The van der Waals surface area contributed by atoms with Crippen LogP contribution in [0.15, 0.2) is 59.5 Å². The lowest BCUT2D eigenvalue weighted by atomic mass is 10.2. The summed E-state index contributed by atoms with van der Waals surface area (Å²) >= 11 is 0. The Kier molecular flexibility index (Phi) is 7.53. The maximum absolute atomic E-state index is 12.5. The summed E-state index contributed by atoms with van der Waals surface area (Å²) < 4.78 is 31.6. The Bertz CT molecular complexity index is 939. The van der Waals surface area contributed by atoms with Crippen LogP contribution >= 0.6 is 0 Å². The predicted molar refractivity (Wildman–Crippen MR) is 111 cm³/mol. The minimum atomic E-state index is -3.60. The number of amides is 1. The smallest absolute Gasteiger partial charge is 0.338 e. The van der Waals surface area contributed by atoms with Gasteiger partial charge in [0, 0.05) is 25.8 Å². The normalized spacial score (nSPS) is 12.4. The standard InChI is InChI=1S/C21H26N2O5S/c1-5-23(6-2)29(26,27)19-14-12-17(13-15-19)21(25)28-16(3)20(24)22(4)18-10-8-7-9-11-18/h7-16H,5-6H2,1-4H3/t16-/m1/s1. The average molecular weight is 419 g/mol. The number of benzene rings is 2. The first kappa shape index (κ1) is 22.6. The third kappa shape index (κ3) is 5.21. The number of hydrogen-bond acceptors (Lipinski definition) is 5. The van der Waals surface area contributed by atoms with Crippen LogP contribution in [-0.4, -0.2) is 50.8 Å². The fraction of sp³-hybridized carbons (Fsp3) is 0.333. The number of anilines is 1. The van der Waals surface area contributed by atoms with Crippen LogP contribution in [0.5, 0.6) is 0 Å². The van der Waals surface area contributed by atoms with Gasteiger partial charge in [0.05, 0.1) is 10.5 Å². The van der Waals surface area contributed by atoms with E-state index in [1.54, 1.807) is 33.0 Å². The molecule has 0 unspecified atom stereocenters. The van der Waals surface area contributed by atoms with Crippen molar-refractivity contribution in [1.29, 1.82) is 0 Å². The highest BCUT2D eigenvalue weighted by Gasteiger charge is 2.25. The monoisotopic (exact) mass is 418 g/mol. The van der Waals surface area contributed by atoms with Gasteiger partial charge in [0.15, 0.2) is 6.10 Å². The number of esters is 1. The van der Waals surface area contributed by atoms with Gasteiger partial charge in [0.25, 0.3) is 5.91 Å². The third-order valence-corrected chi connectivity index (χ3v) is 6.60. The van der Waals surface area contributed by atoms with Crippen LogP contribution < -0.4 is 4.90 Å². The predicted octanol–water partition coefficient (Wildman–Crippen LogP) is 2.93. The minimum Gasteiger partial charge on any atom is -0.449 e. The van der Waals surface area contributed by atoms with E-state index in [1.165, 1.54) is 40.4 Å². The Labute approximate surface area is 171 Å². The van der Waals surface area contributed by atoms with Crippen molar-refractivity contribution in [1.82, 2.24) is 4.31 Å². The molecular weight excluding hydrogens is 392 g/mol. The van der Waals surface area contributed by atoms with Crippen molar-refractivity contribution in [3.8, 4) is 0 Å². The van der Waals surface area contributed by atoms with Crippen molar-refractivity contribution in [3.05, 3.63) is 60.2 Å². The molecule has 0 aromatic heterocycles. The van der Waals surface area contributed by atoms with Crippen LogP contribution in [0.4, 0.5) is 5.69 Å². The molecule has 2 rings (SSSR count). The summed E-state index contributed by atoms with van der Waals surface area (Å²) in [5.41, 5.74) is 0.858. The second kappa shape index (κ2) is 9.67. The molecule has 0 fully saturated rings. The molecule has 0 heterocycles.